The standard InChI is InChI=1S/C7H5F3N/c8-7(9,10)5-3-1-2-4-6(5)11/h1-3H,11H2. The molecule has 0 atom stereocenters. The van der Waals surface area contributed by atoms with Crippen molar-refractivity contribution in [3.8, 4) is 0 Å². The van der Waals surface area contributed by atoms with Crippen LogP contribution in [0.4, 0.5) is 18.9 Å². The predicted molar refractivity (Wildman–Crippen MR) is 34.7 cm³/mol. The second-order valence-electron chi connectivity index (χ2n) is 2.00. The molecule has 0 heterocycles. The summed E-state index contributed by atoms with van der Waals surface area (Å²) in [7, 11) is 0. The van der Waals surface area contributed by atoms with Gasteiger partial charge in [0.05, 0.1) is 11.3 Å². The van der Waals surface area contributed by atoms with Crippen LogP contribution in [0.3, 0.4) is 0 Å². The summed E-state index contributed by atoms with van der Waals surface area (Å²) in [6.45, 7) is 0. The molecule has 0 spiro atoms. The number of anilines is 1. The molecule has 2 N–H and O–H groups in total. The molecule has 0 saturated carbocycles. The summed E-state index contributed by atoms with van der Waals surface area (Å²) < 4.78 is 35.8. The van der Waals surface area contributed by atoms with Crippen LogP contribution >= 0.6 is 0 Å². The van der Waals surface area contributed by atoms with E-state index >= 15 is 0 Å². The molecule has 0 bridgehead atoms. The van der Waals surface area contributed by atoms with Gasteiger partial charge in [-0.3, -0.25) is 0 Å². The molecule has 1 rings (SSSR count). The van der Waals surface area contributed by atoms with Crippen molar-refractivity contribution in [2.45, 2.75) is 6.18 Å². The molecule has 0 aliphatic carbocycles. The minimum Gasteiger partial charge on any atom is -0.398 e. The molecule has 0 aliphatic heterocycles. The maximum Gasteiger partial charge on any atom is 0.418 e. The minimum absolute atomic E-state index is 0.361. The number of halogens is 3. The van der Waals surface area contributed by atoms with E-state index in [-0.39, 0.29) is 5.69 Å². The molecule has 11 heavy (non-hydrogen) atoms. The van der Waals surface area contributed by atoms with Gasteiger partial charge >= 0.3 is 6.18 Å². The fourth-order valence-electron chi connectivity index (χ4n) is 0.697. The third-order valence-electron chi connectivity index (χ3n) is 1.19. The van der Waals surface area contributed by atoms with Gasteiger partial charge in [0.2, 0.25) is 0 Å². The summed E-state index contributed by atoms with van der Waals surface area (Å²) in [5.41, 5.74) is 3.84. The van der Waals surface area contributed by atoms with E-state index in [1.807, 2.05) is 0 Å². The lowest BCUT2D eigenvalue weighted by Crippen LogP contribution is -2.08. The molecule has 59 valence electrons. The summed E-state index contributed by atoms with van der Waals surface area (Å²) >= 11 is 0. The van der Waals surface area contributed by atoms with Crippen molar-refractivity contribution in [3.63, 3.8) is 0 Å². The van der Waals surface area contributed by atoms with Crippen molar-refractivity contribution in [2.24, 2.45) is 0 Å². The topological polar surface area (TPSA) is 26.0 Å². The molecule has 0 aliphatic rings. The highest BCUT2D eigenvalue weighted by molar-refractivity contribution is 5.46. The Kier molecular flexibility index (Phi) is 1.76. The van der Waals surface area contributed by atoms with Gasteiger partial charge in [0.1, 0.15) is 0 Å². The second kappa shape index (κ2) is 2.45. The van der Waals surface area contributed by atoms with Crippen molar-refractivity contribution < 1.29 is 13.2 Å². The third-order valence-corrected chi connectivity index (χ3v) is 1.19. The first-order chi connectivity index (χ1) is 5.02. The Bertz CT molecular complexity index is 254. The van der Waals surface area contributed by atoms with Crippen LogP contribution in [0.15, 0.2) is 18.2 Å². The van der Waals surface area contributed by atoms with E-state index < -0.39 is 11.7 Å². The van der Waals surface area contributed by atoms with E-state index in [9.17, 15) is 13.2 Å². The van der Waals surface area contributed by atoms with Crippen LogP contribution < -0.4 is 5.73 Å². The minimum atomic E-state index is -4.37. The lowest BCUT2D eigenvalue weighted by atomic mass is 10.2. The first kappa shape index (κ1) is 7.91. The number of nitrogen functional groups attached to an aromatic ring is 1. The highest BCUT2D eigenvalue weighted by Crippen LogP contribution is 2.32. The van der Waals surface area contributed by atoms with Crippen LogP contribution in [-0.4, -0.2) is 0 Å². The Hall–Kier alpha value is -1.19. The molecule has 1 nitrogen and oxygen atoms in total. The SMILES string of the molecule is Nc1[c]cccc1C(F)(F)F. The Balaban J connectivity index is 3.14. The Labute approximate surface area is 61.6 Å². The average Bonchev–Trinajstić information content (AvgIpc) is 1.86. The number of hydrogen-bond donors (Lipinski definition) is 1. The third kappa shape index (κ3) is 1.63. The molecule has 4 heteroatoms. The zero-order chi connectivity index (χ0) is 8.48. The van der Waals surface area contributed by atoms with Crippen LogP contribution in [0.25, 0.3) is 0 Å². The molecule has 0 aromatic heterocycles. The fraction of sp³-hybridized carbons (Fsp3) is 0.143. The normalized spacial score (nSPS) is 11.5. The van der Waals surface area contributed by atoms with Crippen molar-refractivity contribution in [1.82, 2.24) is 0 Å². The number of rotatable bonds is 0. The summed E-state index contributed by atoms with van der Waals surface area (Å²) in [5.74, 6) is 0. The smallest absolute Gasteiger partial charge is 0.398 e. The van der Waals surface area contributed by atoms with E-state index in [2.05, 4.69) is 6.07 Å². The monoisotopic (exact) mass is 160 g/mol. The number of nitrogens with two attached hydrogens (primary N) is 1. The molecule has 1 aromatic carbocycles. The largest absolute Gasteiger partial charge is 0.418 e. The van der Waals surface area contributed by atoms with Gasteiger partial charge in [-0.2, -0.15) is 13.2 Å². The summed E-state index contributed by atoms with van der Waals surface area (Å²) in [6, 6.07) is 5.77. The van der Waals surface area contributed by atoms with Gasteiger partial charge in [-0.15, -0.1) is 0 Å². The van der Waals surface area contributed by atoms with Crippen molar-refractivity contribution >= 4 is 5.69 Å². The number of para-hydroxylation sites is 1. The number of hydrogen-bond acceptors (Lipinski definition) is 1. The van der Waals surface area contributed by atoms with Crippen LogP contribution in [0.1, 0.15) is 5.56 Å². The van der Waals surface area contributed by atoms with Gasteiger partial charge in [0, 0.05) is 6.07 Å². The van der Waals surface area contributed by atoms with Crippen LogP contribution in [0, 0.1) is 6.07 Å². The molecular formula is C7H5F3N. The molecule has 0 unspecified atom stereocenters. The number of benzene rings is 1. The fourth-order valence-corrected chi connectivity index (χ4v) is 0.697. The Morgan fingerprint density at radius 2 is 2.00 bits per heavy atom. The lowest BCUT2D eigenvalue weighted by Gasteiger charge is -2.07. The summed E-state index contributed by atoms with van der Waals surface area (Å²) in [4.78, 5) is 0. The molecule has 0 fully saturated rings. The van der Waals surface area contributed by atoms with E-state index in [0.717, 1.165) is 6.07 Å². The first-order valence-electron chi connectivity index (χ1n) is 2.85. The summed E-state index contributed by atoms with van der Waals surface area (Å²) in [5, 5.41) is 0. The molecular weight excluding hydrogens is 155 g/mol. The van der Waals surface area contributed by atoms with Gasteiger partial charge < -0.3 is 5.73 Å². The van der Waals surface area contributed by atoms with E-state index in [1.165, 1.54) is 12.1 Å². The van der Waals surface area contributed by atoms with Crippen LogP contribution in [0.2, 0.25) is 0 Å². The zero-order valence-corrected chi connectivity index (χ0v) is 5.44. The molecule has 0 amide bonds. The Morgan fingerprint density at radius 3 is 2.36 bits per heavy atom. The van der Waals surface area contributed by atoms with Gasteiger partial charge in [-0.25, -0.2) is 0 Å². The van der Waals surface area contributed by atoms with Crippen molar-refractivity contribution in [2.75, 3.05) is 5.73 Å². The van der Waals surface area contributed by atoms with Gasteiger partial charge in [0.15, 0.2) is 0 Å². The highest BCUT2D eigenvalue weighted by Gasteiger charge is 2.32. The van der Waals surface area contributed by atoms with Gasteiger partial charge in [0.25, 0.3) is 0 Å². The number of alkyl halides is 3. The van der Waals surface area contributed by atoms with E-state index in [4.69, 9.17) is 5.73 Å². The maximum absolute atomic E-state index is 11.9. The van der Waals surface area contributed by atoms with Crippen molar-refractivity contribution in [1.29, 1.82) is 0 Å². The quantitative estimate of drug-likeness (QED) is 0.578. The van der Waals surface area contributed by atoms with Gasteiger partial charge in [-0.1, -0.05) is 12.1 Å². The molecule has 1 radical (unpaired) electrons. The predicted octanol–water partition coefficient (Wildman–Crippen LogP) is 2.09. The van der Waals surface area contributed by atoms with Crippen molar-refractivity contribution in [3.05, 3.63) is 29.8 Å². The second-order valence-corrected chi connectivity index (χ2v) is 2.00. The van der Waals surface area contributed by atoms with Crippen LogP contribution in [-0.2, 0) is 6.18 Å². The molecule has 1 aromatic rings. The van der Waals surface area contributed by atoms with E-state index in [0.29, 0.717) is 0 Å². The Morgan fingerprint density at radius 1 is 1.36 bits per heavy atom. The average molecular weight is 160 g/mol. The maximum atomic E-state index is 11.9. The summed E-state index contributed by atoms with van der Waals surface area (Å²) in [6.07, 6.45) is -4.37. The van der Waals surface area contributed by atoms with Gasteiger partial charge in [-0.05, 0) is 6.07 Å². The first-order valence-corrected chi connectivity index (χ1v) is 2.85. The molecule has 0 saturated heterocycles. The zero-order valence-electron chi connectivity index (χ0n) is 5.44. The lowest BCUT2D eigenvalue weighted by molar-refractivity contribution is -0.136. The van der Waals surface area contributed by atoms with Crippen LogP contribution in [0.5, 0.6) is 0 Å². The highest BCUT2D eigenvalue weighted by atomic mass is 19.4. The van der Waals surface area contributed by atoms with E-state index in [1.54, 1.807) is 0 Å².